The van der Waals surface area contributed by atoms with Gasteiger partial charge in [0.1, 0.15) is 0 Å². The number of carboxylic acid groups (broad SMARTS) is 1. The largest absolute Gasteiger partial charge is 0.481 e. The molecule has 7 nitrogen and oxygen atoms in total. The van der Waals surface area contributed by atoms with E-state index in [1.54, 1.807) is 36.4 Å². The summed E-state index contributed by atoms with van der Waals surface area (Å²) in [6, 6.07) is 9.51. The van der Waals surface area contributed by atoms with Gasteiger partial charge in [0.15, 0.2) is 0 Å². The molecule has 2 amide bonds. The standard InChI is InChI=1S/C16H15N3O4/c20-14(21)7-10-18-15(22)11-1-3-13(4-2-11)19-16(23)12-5-8-17-9-6-12/h1-6,8-9H,7,10H2,(H,18,22)(H,19,23)(H,20,21). The van der Waals surface area contributed by atoms with E-state index in [9.17, 15) is 14.4 Å². The maximum Gasteiger partial charge on any atom is 0.305 e. The molecule has 0 aliphatic heterocycles. The SMILES string of the molecule is O=C(O)CCNC(=O)c1ccc(NC(=O)c2ccncc2)cc1. The summed E-state index contributed by atoms with van der Waals surface area (Å²) in [5.41, 5.74) is 1.42. The number of aromatic nitrogens is 1. The van der Waals surface area contributed by atoms with Crippen LogP contribution >= 0.6 is 0 Å². The lowest BCUT2D eigenvalue weighted by atomic mass is 10.2. The van der Waals surface area contributed by atoms with Crippen LogP contribution in [0.4, 0.5) is 5.69 Å². The van der Waals surface area contributed by atoms with Crippen molar-refractivity contribution in [3.05, 3.63) is 59.9 Å². The number of benzene rings is 1. The molecule has 0 unspecified atom stereocenters. The highest BCUT2D eigenvalue weighted by molar-refractivity contribution is 6.04. The van der Waals surface area contributed by atoms with Gasteiger partial charge in [0, 0.05) is 35.8 Å². The minimum atomic E-state index is -0.973. The summed E-state index contributed by atoms with van der Waals surface area (Å²) in [4.78, 5) is 38.0. The number of amides is 2. The van der Waals surface area contributed by atoms with E-state index in [0.717, 1.165) is 0 Å². The number of hydrogen-bond donors (Lipinski definition) is 3. The zero-order valence-electron chi connectivity index (χ0n) is 12.2. The third-order valence-electron chi connectivity index (χ3n) is 2.97. The molecule has 0 aliphatic rings. The maximum absolute atomic E-state index is 12.0. The zero-order valence-corrected chi connectivity index (χ0v) is 12.2. The van der Waals surface area contributed by atoms with Crippen LogP contribution in [0.15, 0.2) is 48.8 Å². The molecule has 0 spiro atoms. The predicted molar refractivity (Wildman–Crippen MR) is 83.2 cm³/mol. The van der Waals surface area contributed by atoms with Crippen LogP contribution in [0, 0.1) is 0 Å². The van der Waals surface area contributed by atoms with Gasteiger partial charge in [-0.05, 0) is 36.4 Å². The Balaban J connectivity index is 1.93. The van der Waals surface area contributed by atoms with Crippen LogP contribution in [0.1, 0.15) is 27.1 Å². The number of hydrogen-bond acceptors (Lipinski definition) is 4. The average Bonchev–Trinajstić information content (AvgIpc) is 2.56. The van der Waals surface area contributed by atoms with Crippen molar-refractivity contribution in [1.82, 2.24) is 10.3 Å². The molecule has 0 atom stereocenters. The van der Waals surface area contributed by atoms with Crippen molar-refractivity contribution in [2.24, 2.45) is 0 Å². The number of pyridine rings is 1. The fourth-order valence-electron chi connectivity index (χ4n) is 1.80. The van der Waals surface area contributed by atoms with Crippen molar-refractivity contribution in [1.29, 1.82) is 0 Å². The van der Waals surface area contributed by atoms with E-state index in [1.807, 2.05) is 0 Å². The summed E-state index contributed by atoms with van der Waals surface area (Å²) in [7, 11) is 0. The highest BCUT2D eigenvalue weighted by Crippen LogP contribution is 2.11. The van der Waals surface area contributed by atoms with E-state index >= 15 is 0 Å². The van der Waals surface area contributed by atoms with Gasteiger partial charge in [-0.25, -0.2) is 0 Å². The second-order valence-electron chi connectivity index (χ2n) is 4.67. The number of carboxylic acids is 1. The molecule has 118 valence electrons. The van der Waals surface area contributed by atoms with E-state index in [4.69, 9.17) is 5.11 Å². The molecular weight excluding hydrogens is 298 g/mol. The van der Waals surface area contributed by atoms with Crippen molar-refractivity contribution in [2.75, 3.05) is 11.9 Å². The molecule has 0 aliphatic carbocycles. The topological polar surface area (TPSA) is 108 Å². The Morgan fingerprint density at radius 2 is 1.52 bits per heavy atom. The molecule has 1 heterocycles. The Kier molecular flexibility index (Phi) is 5.40. The molecule has 0 fully saturated rings. The van der Waals surface area contributed by atoms with Crippen molar-refractivity contribution >= 4 is 23.5 Å². The van der Waals surface area contributed by atoms with Crippen molar-refractivity contribution in [3.8, 4) is 0 Å². The molecule has 23 heavy (non-hydrogen) atoms. The average molecular weight is 313 g/mol. The third kappa shape index (κ3) is 4.92. The fraction of sp³-hybridized carbons (Fsp3) is 0.125. The van der Waals surface area contributed by atoms with E-state index in [0.29, 0.717) is 16.8 Å². The molecule has 0 bridgehead atoms. The summed E-state index contributed by atoms with van der Waals surface area (Å²) in [5.74, 6) is -1.61. The first kappa shape index (κ1) is 16.2. The molecule has 7 heteroatoms. The Labute approximate surface area is 132 Å². The van der Waals surface area contributed by atoms with Gasteiger partial charge in [-0.2, -0.15) is 0 Å². The van der Waals surface area contributed by atoms with Gasteiger partial charge in [0.05, 0.1) is 6.42 Å². The molecule has 1 aromatic heterocycles. The second-order valence-corrected chi connectivity index (χ2v) is 4.67. The predicted octanol–water partition coefficient (Wildman–Crippen LogP) is 1.54. The molecule has 0 saturated carbocycles. The first-order valence-electron chi connectivity index (χ1n) is 6.87. The van der Waals surface area contributed by atoms with Crippen LogP contribution in [0.5, 0.6) is 0 Å². The van der Waals surface area contributed by atoms with Crippen LogP contribution in [0.2, 0.25) is 0 Å². The molecule has 3 N–H and O–H groups in total. The second kappa shape index (κ2) is 7.69. The third-order valence-corrected chi connectivity index (χ3v) is 2.97. The first-order chi connectivity index (χ1) is 11.1. The maximum atomic E-state index is 12.0. The van der Waals surface area contributed by atoms with E-state index in [-0.39, 0.29) is 24.8 Å². The molecule has 0 radical (unpaired) electrons. The van der Waals surface area contributed by atoms with Gasteiger partial charge < -0.3 is 15.7 Å². The Hall–Kier alpha value is -3.22. The molecule has 2 rings (SSSR count). The van der Waals surface area contributed by atoms with E-state index in [1.165, 1.54) is 12.4 Å². The van der Waals surface area contributed by atoms with Gasteiger partial charge >= 0.3 is 5.97 Å². The van der Waals surface area contributed by atoms with Crippen molar-refractivity contribution in [3.63, 3.8) is 0 Å². The van der Waals surface area contributed by atoms with E-state index in [2.05, 4.69) is 15.6 Å². The monoisotopic (exact) mass is 313 g/mol. The Morgan fingerprint density at radius 1 is 0.913 bits per heavy atom. The summed E-state index contributed by atoms with van der Waals surface area (Å²) >= 11 is 0. The highest BCUT2D eigenvalue weighted by atomic mass is 16.4. The lowest BCUT2D eigenvalue weighted by molar-refractivity contribution is -0.136. The van der Waals surface area contributed by atoms with Crippen LogP contribution in [-0.2, 0) is 4.79 Å². The minimum absolute atomic E-state index is 0.0642. The van der Waals surface area contributed by atoms with Crippen LogP contribution in [0.3, 0.4) is 0 Å². The molecule has 0 saturated heterocycles. The first-order valence-corrected chi connectivity index (χ1v) is 6.87. The Morgan fingerprint density at radius 3 is 2.13 bits per heavy atom. The van der Waals surface area contributed by atoms with E-state index < -0.39 is 5.97 Å². The van der Waals surface area contributed by atoms with Gasteiger partial charge in [-0.1, -0.05) is 0 Å². The number of carbonyl (C=O) groups excluding carboxylic acids is 2. The number of anilines is 1. The van der Waals surface area contributed by atoms with Crippen molar-refractivity contribution in [2.45, 2.75) is 6.42 Å². The fourth-order valence-corrected chi connectivity index (χ4v) is 1.80. The Bertz CT molecular complexity index is 699. The minimum Gasteiger partial charge on any atom is -0.481 e. The van der Waals surface area contributed by atoms with Gasteiger partial charge in [-0.3, -0.25) is 19.4 Å². The smallest absolute Gasteiger partial charge is 0.305 e. The lowest BCUT2D eigenvalue weighted by Crippen LogP contribution is -2.25. The van der Waals surface area contributed by atoms with Crippen LogP contribution < -0.4 is 10.6 Å². The number of nitrogens with one attached hydrogen (secondary N) is 2. The normalized spacial score (nSPS) is 9.91. The van der Waals surface area contributed by atoms with Gasteiger partial charge in [0.2, 0.25) is 0 Å². The number of rotatable bonds is 6. The summed E-state index contributed by atoms with van der Waals surface area (Å²) in [6.07, 6.45) is 2.92. The van der Waals surface area contributed by atoms with Crippen LogP contribution in [-0.4, -0.2) is 34.4 Å². The van der Waals surface area contributed by atoms with Gasteiger partial charge in [-0.15, -0.1) is 0 Å². The molecular formula is C16H15N3O4. The van der Waals surface area contributed by atoms with Crippen molar-refractivity contribution < 1.29 is 19.5 Å². The molecule has 1 aromatic carbocycles. The lowest BCUT2D eigenvalue weighted by Gasteiger charge is -2.07. The van der Waals surface area contributed by atoms with Crippen LogP contribution in [0.25, 0.3) is 0 Å². The number of aliphatic carboxylic acids is 1. The van der Waals surface area contributed by atoms with Gasteiger partial charge in [0.25, 0.3) is 11.8 Å². The highest BCUT2D eigenvalue weighted by Gasteiger charge is 2.08. The summed E-state index contributed by atoms with van der Waals surface area (Å²) in [5, 5.41) is 13.7. The number of nitrogens with zero attached hydrogens (tertiary/aromatic N) is 1. The summed E-state index contributed by atoms with van der Waals surface area (Å²) < 4.78 is 0. The zero-order chi connectivity index (χ0) is 16.7. The number of carbonyl (C=O) groups is 3. The quantitative estimate of drug-likeness (QED) is 0.749. The molecule has 2 aromatic rings. The summed E-state index contributed by atoms with van der Waals surface area (Å²) in [6.45, 7) is 0.0642.